The molecule has 0 aliphatic carbocycles. The summed E-state index contributed by atoms with van der Waals surface area (Å²) in [5.74, 6) is 2.03. The number of piperidine rings is 1. The summed E-state index contributed by atoms with van der Waals surface area (Å²) in [6.45, 7) is 5.68. The van der Waals surface area contributed by atoms with Crippen molar-refractivity contribution in [1.82, 2.24) is 15.0 Å². The number of rotatable bonds is 4. The van der Waals surface area contributed by atoms with E-state index in [-0.39, 0.29) is 11.8 Å². The summed E-state index contributed by atoms with van der Waals surface area (Å²) < 4.78 is 5.45. The molecule has 1 fully saturated rings. The molecule has 2 aromatic rings. The lowest BCUT2D eigenvalue weighted by Gasteiger charge is -2.30. The molecule has 0 radical (unpaired) electrons. The molecule has 0 spiro atoms. The number of amides is 1. The van der Waals surface area contributed by atoms with Crippen molar-refractivity contribution in [2.75, 3.05) is 13.1 Å². The van der Waals surface area contributed by atoms with E-state index in [9.17, 15) is 4.79 Å². The molecule has 0 saturated carbocycles. The van der Waals surface area contributed by atoms with E-state index in [1.165, 1.54) is 11.3 Å². The first-order chi connectivity index (χ1) is 10.7. The van der Waals surface area contributed by atoms with E-state index < -0.39 is 0 Å². The van der Waals surface area contributed by atoms with Gasteiger partial charge in [-0.2, -0.15) is 4.98 Å². The molecule has 2 atom stereocenters. The van der Waals surface area contributed by atoms with E-state index in [4.69, 9.17) is 4.52 Å². The summed E-state index contributed by atoms with van der Waals surface area (Å²) >= 11 is 1.49. The summed E-state index contributed by atoms with van der Waals surface area (Å²) in [5, 5.41) is 6.03. The summed E-state index contributed by atoms with van der Waals surface area (Å²) in [4.78, 5) is 19.7. The van der Waals surface area contributed by atoms with Crippen LogP contribution in [0.3, 0.4) is 0 Å². The molecule has 3 heterocycles. The number of nitrogens with zero attached hydrogens (tertiary/aromatic N) is 3. The minimum Gasteiger partial charge on any atom is -0.339 e. The highest BCUT2D eigenvalue weighted by Crippen LogP contribution is 2.28. The Morgan fingerprint density at radius 2 is 2.45 bits per heavy atom. The van der Waals surface area contributed by atoms with E-state index in [2.05, 4.69) is 24.0 Å². The quantitative estimate of drug-likeness (QED) is 0.863. The molecule has 1 amide bonds. The van der Waals surface area contributed by atoms with Crippen LogP contribution in [0, 0.1) is 0 Å². The minimum atomic E-state index is 0.112. The highest BCUT2D eigenvalue weighted by Gasteiger charge is 2.29. The van der Waals surface area contributed by atoms with Crippen molar-refractivity contribution in [2.45, 2.75) is 44.9 Å². The Morgan fingerprint density at radius 1 is 1.59 bits per heavy atom. The molecular formula is C16H21N3O2S. The van der Waals surface area contributed by atoms with Crippen molar-refractivity contribution in [3.63, 3.8) is 0 Å². The van der Waals surface area contributed by atoms with Gasteiger partial charge in [-0.1, -0.05) is 25.1 Å². The van der Waals surface area contributed by atoms with Crippen LogP contribution in [0.25, 0.3) is 0 Å². The van der Waals surface area contributed by atoms with Gasteiger partial charge in [0.05, 0.1) is 10.8 Å². The summed E-state index contributed by atoms with van der Waals surface area (Å²) in [5.41, 5.74) is 0. The van der Waals surface area contributed by atoms with Crippen LogP contribution in [-0.4, -0.2) is 34.0 Å². The van der Waals surface area contributed by atoms with Gasteiger partial charge in [0.25, 0.3) is 5.91 Å². The molecule has 1 saturated heterocycles. The van der Waals surface area contributed by atoms with Gasteiger partial charge in [0, 0.05) is 19.0 Å². The second-order valence-electron chi connectivity index (χ2n) is 5.87. The Labute approximate surface area is 134 Å². The Morgan fingerprint density at radius 3 is 3.18 bits per heavy atom. The Bertz CT molecular complexity index is 623. The highest BCUT2D eigenvalue weighted by atomic mass is 32.1. The lowest BCUT2D eigenvalue weighted by Crippen LogP contribution is -2.38. The van der Waals surface area contributed by atoms with E-state index in [0.717, 1.165) is 36.5 Å². The van der Waals surface area contributed by atoms with Crippen molar-refractivity contribution < 1.29 is 9.32 Å². The van der Waals surface area contributed by atoms with Gasteiger partial charge in [-0.15, -0.1) is 11.3 Å². The van der Waals surface area contributed by atoms with Crippen LogP contribution < -0.4 is 0 Å². The summed E-state index contributed by atoms with van der Waals surface area (Å²) in [6.07, 6.45) is 2.96. The van der Waals surface area contributed by atoms with E-state index in [1.807, 2.05) is 22.4 Å². The first kappa shape index (κ1) is 15.2. The van der Waals surface area contributed by atoms with Crippen LogP contribution in [0.4, 0.5) is 0 Å². The van der Waals surface area contributed by atoms with Gasteiger partial charge < -0.3 is 9.42 Å². The third kappa shape index (κ3) is 3.06. The number of aromatic nitrogens is 2. The van der Waals surface area contributed by atoms with Crippen molar-refractivity contribution in [3.05, 3.63) is 34.1 Å². The predicted octanol–water partition coefficient (Wildman–Crippen LogP) is 3.66. The zero-order valence-electron chi connectivity index (χ0n) is 13.0. The lowest BCUT2D eigenvalue weighted by molar-refractivity contribution is 0.0700. The van der Waals surface area contributed by atoms with Crippen LogP contribution in [0.15, 0.2) is 22.0 Å². The molecule has 3 rings (SSSR count). The lowest BCUT2D eigenvalue weighted by atomic mass is 9.97. The Balaban J connectivity index is 1.70. The van der Waals surface area contributed by atoms with Crippen molar-refractivity contribution in [3.8, 4) is 0 Å². The minimum absolute atomic E-state index is 0.112. The number of hydrogen-bond donors (Lipinski definition) is 0. The monoisotopic (exact) mass is 319 g/mol. The smallest absolute Gasteiger partial charge is 0.263 e. The number of thiophene rings is 1. The fourth-order valence-electron chi connectivity index (χ4n) is 2.72. The number of likely N-dealkylation sites (tertiary alicyclic amines) is 1. The van der Waals surface area contributed by atoms with Crippen molar-refractivity contribution in [2.24, 2.45) is 0 Å². The van der Waals surface area contributed by atoms with Gasteiger partial charge in [-0.25, -0.2) is 0 Å². The van der Waals surface area contributed by atoms with E-state index in [0.29, 0.717) is 18.4 Å². The Hall–Kier alpha value is -1.69. The van der Waals surface area contributed by atoms with E-state index in [1.54, 1.807) is 0 Å². The van der Waals surface area contributed by atoms with Crippen LogP contribution in [0.1, 0.15) is 66.3 Å². The fourth-order valence-corrected chi connectivity index (χ4v) is 3.41. The second kappa shape index (κ2) is 6.60. The van der Waals surface area contributed by atoms with Crippen LogP contribution in [-0.2, 0) is 0 Å². The molecule has 1 aliphatic rings. The third-order valence-corrected chi connectivity index (χ3v) is 5.16. The predicted molar refractivity (Wildman–Crippen MR) is 85.2 cm³/mol. The molecule has 0 aromatic carbocycles. The topological polar surface area (TPSA) is 59.2 Å². The maximum Gasteiger partial charge on any atom is 0.263 e. The van der Waals surface area contributed by atoms with Gasteiger partial charge in [0.15, 0.2) is 5.82 Å². The molecule has 22 heavy (non-hydrogen) atoms. The van der Waals surface area contributed by atoms with Crippen LogP contribution >= 0.6 is 11.3 Å². The van der Waals surface area contributed by atoms with Gasteiger partial charge in [0.2, 0.25) is 5.89 Å². The molecule has 1 aliphatic heterocycles. The molecule has 0 bridgehead atoms. The number of carbonyl (C=O) groups excluding carboxylic acids is 1. The average Bonchev–Trinajstić information content (AvgIpc) is 3.25. The maximum atomic E-state index is 12.5. The Kier molecular flexibility index (Phi) is 4.57. The van der Waals surface area contributed by atoms with Crippen LogP contribution in [0.5, 0.6) is 0 Å². The van der Waals surface area contributed by atoms with E-state index >= 15 is 0 Å². The molecule has 118 valence electrons. The molecule has 5 nitrogen and oxygen atoms in total. The van der Waals surface area contributed by atoms with Crippen molar-refractivity contribution >= 4 is 17.2 Å². The summed E-state index contributed by atoms with van der Waals surface area (Å²) in [6, 6.07) is 3.79. The third-order valence-electron chi connectivity index (χ3n) is 4.30. The normalized spacial score (nSPS) is 20.1. The first-order valence-corrected chi connectivity index (χ1v) is 8.73. The molecular weight excluding hydrogens is 298 g/mol. The van der Waals surface area contributed by atoms with Gasteiger partial charge >= 0.3 is 0 Å². The van der Waals surface area contributed by atoms with Crippen molar-refractivity contribution in [1.29, 1.82) is 0 Å². The highest BCUT2D eigenvalue weighted by molar-refractivity contribution is 7.12. The SMILES string of the molecule is CC[C@@H](C)c1noc([C@H]2CCCN(C(=O)c3cccs3)C2)n1. The van der Waals surface area contributed by atoms with Crippen LogP contribution in [0.2, 0.25) is 0 Å². The average molecular weight is 319 g/mol. The maximum absolute atomic E-state index is 12.5. The van der Waals surface area contributed by atoms with Gasteiger partial charge in [0.1, 0.15) is 0 Å². The summed E-state index contributed by atoms with van der Waals surface area (Å²) in [7, 11) is 0. The number of carbonyl (C=O) groups is 1. The first-order valence-electron chi connectivity index (χ1n) is 7.85. The zero-order valence-corrected chi connectivity index (χ0v) is 13.8. The molecule has 6 heteroatoms. The second-order valence-corrected chi connectivity index (χ2v) is 6.82. The standard InChI is InChI=1S/C16H21N3O2S/c1-3-11(2)14-17-15(21-18-14)12-6-4-8-19(10-12)16(20)13-7-5-9-22-13/h5,7,9,11-12H,3-4,6,8,10H2,1-2H3/t11-,12+/m1/s1. The molecule has 2 aromatic heterocycles. The molecule has 0 unspecified atom stereocenters. The molecule has 0 N–H and O–H groups in total. The fraction of sp³-hybridized carbons (Fsp3) is 0.562. The zero-order chi connectivity index (χ0) is 15.5. The number of hydrogen-bond acceptors (Lipinski definition) is 5. The van der Waals surface area contributed by atoms with Gasteiger partial charge in [-0.3, -0.25) is 4.79 Å². The van der Waals surface area contributed by atoms with Gasteiger partial charge in [-0.05, 0) is 30.7 Å². The largest absolute Gasteiger partial charge is 0.339 e.